The van der Waals surface area contributed by atoms with Crippen LogP contribution >= 0.6 is 0 Å². The van der Waals surface area contributed by atoms with Gasteiger partial charge in [-0.05, 0) is 25.8 Å². The van der Waals surface area contributed by atoms with Gasteiger partial charge in [-0.15, -0.1) is 0 Å². The second-order valence-electron chi connectivity index (χ2n) is 9.36. The van der Waals surface area contributed by atoms with Gasteiger partial charge in [-0.1, -0.05) is 12.6 Å². The molecule has 1 aliphatic heterocycles. The maximum Gasteiger partial charge on any atom is 0.336 e. The van der Waals surface area contributed by atoms with Gasteiger partial charge in [-0.2, -0.15) is 5.10 Å². The largest absolute Gasteiger partial charge is 0.497 e. The second kappa shape index (κ2) is 15.0. The number of hydrogen-bond donors (Lipinski definition) is 4. The van der Waals surface area contributed by atoms with E-state index in [2.05, 4.69) is 22.6 Å². The molecule has 1 atom stereocenters. The van der Waals surface area contributed by atoms with E-state index in [0.29, 0.717) is 0 Å². The van der Waals surface area contributed by atoms with Crippen molar-refractivity contribution in [3.05, 3.63) is 47.8 Å². The standard InChI is InChI=1S/C21H29N3O3.C6H8O7/c1-5-24-14-18(16(2)22-24)13-23(15-20-7-6-10-27-20)12-17-8-9-19(25-3)11-21(17)26-4;7-3(8)1-6(13,5(11)12)2-4(9)10/h5,8-9,11,14,20H,1,6-7,10,12-13,15H2,2-4H3;13H,1-2H2,(H,7,8)(H,9,10)(H,11,12). The Balaban J connectivity index is 0.000000366. The first-order valence-electron chi connectivity index (χ1n) is 12.5. The van der Waals surface area contributed by atoms with Gasteiger partial charge in [0.15, 0.2) is 5.60 Å². The number of aliphatic hydroxyl groups is 1. The average Bonchev–Trinajstić information content (AvgIpc) is 3.52. The van der Waals surface area contributed by atoms with Crippen LogP contribution in [0.5, 0.6) is 11.5 Å². The fourth-order valence-corrected chi connectivity index (χ4v) is 4.21. The molecule has 13 nitrogen and oxygen atoms in total. The van der Waals surface area contributed by atoms with Crippen molar-refractivity contribution >= 4 is 24.1 Å². The predicted molar refractivity (Wildman–Crippen MR) is 143 cm³/mol. The van der Waals surface area contributed by atoms with Crippen LogP contribution in [0.25, 0.3) is 6.20 Å². The van der Waals surface area contributed by atoms with Crippen LogP contribution in [-0.2, 0) is 32.2 Å². The lowest BCUT2D eigenvalue weighted by Crippen LogP contribution is -2.42. The first-order chi connectivity index (χ1) is 18.9. The van der Waals surface area contributed by atoms with Gasteiger partial charge in [0.25, 0.3) is 0 Å². The summed E-state index contributed by atoms with van der Waals surface area (Å²) in [5.74, 6) is -3.39. The summed E-state index contributed by atoms with van der Waals surface area (Å²) < 4.78 is 18.5. The van der Waals surface area contributed by atoms with Crippen LogP contribution in [0.3, 0.4) is 0 Å². The number of rotatable bonds is 14. The molecule has 0 amide bonds. The summed E-state index contributed by atoms with van der Waals surface area (Å²) in [6.07, 6.45) is 4.00. The second-order valence-corrected chi connectivity index (χ2v) is 9.36. The molecule has 0 bridgehead atoms. The summed E-state index contributed by atoms with van der Waals surface area (Å²) in [5.41, 5.74) is 0.608. The molecule has 1 aromatic heterocycles. The molecule has 1 unspecified atom stereocenters. The molecular weight excluding hydrogens is 526 g/mol. The van der Waals surface area contributed by atoms with Crippen molar-refractivity contribution in [3.8, 4) is 11.5 Å². The molecule has 3 rings (SSSR count). The van der Waals surface area contributed by atoms with Crippen molar-refractivity contribution in [1.29, 1.82) is 0 Å². The summed E-state index contributed by atoms with van der Waals surface area (Å²) >= 11 is 0. The molecule has 1 saturated heterocycles. The molecule has 220 valence electrons. The zero-order valence-electron chi connectivity index (χ0n) is 22.9. The van der Waals surface area contributed by atoms with Crippen LogP contribution in [0.4, 0.5) is 0 Å². The van der Waals surface area contributed by atoms with Crippen molar-refractivity contribution in [3.63, 3.8) is 0 Å². The number of hydrogen-bond acceptors (Lipinski definition) is 9. The topological polar surface area (TPSA) is 181 Å². The van der Waals surface area contributed by atoms with Gasteiger partial charge in [0, 0.05) is 55.8 Å². The molecule has 1 aliphatic rings. The summed E-state index contributed by atoms with van der Waals surface area (Å²) in [6, 6.07) is 5.98. The van der Waals surface area contributed by atoms with Crippen LogP contribution < -0.4 is 9.47 Å². The van der Waals surface area contributed by atoms with E-state index in [1.165, 1.54) is 5.56 Å². The third kappa shape index (κ3) is 9.67. The van der Waals surface area contributed by atoms with E-state index in [9.17, 15) is 14.4 Å². The fourth-order valence-electron chi connectivity index (χ4n) is 4.21. The van der Waals surface area contributed by atoms with Crippen LogP contribution in [-0.4, -0.2) is 92.1 Å². The van der Waals surface area contributed by atoms with Gasteiger partial charge in [0.2, 0.25) is 0 Å². The number of carbonyl (C=O) groups is 3. The third-order valence-electron chi connectivity index (χ3n) is 6.26. The zero-order chi connectivity index (χ0) is 29.9. The van der Waals surface area contributed by atoms with Gasteiger partial charge in [0.1, 0.15) is 11.5 Å². The van der Waals surface area contributed by atoms with E-state index in [0.717, 1.165) is 61.8 Å². The Kier molecular flexibility index (Phi) is 12.1. The molecule has 0 saturated carbocycles. The Morgan fingerprint density at radius 3 is 2.27 bits per heavy atom. The molecule has 2 aromatic rings. The normalized spacial score (nSPS) is 14.8. The first kappa shape index (κ1) is 32.3. The quantitative estimate of drug-likeness (QED) is 0.264. The minimum absolute atomic E-state index is 0.281. The van der Waals surface area contributed by atoms with E-state index in [1.807, 2.05) is 25.3 Å². The highest BCUT2D eigenvalue weighted by molar-refractivity contribution is 5.88. The Morgan fingerprint density at radius 1 is 1.15 bits per heavy atom. The minimum Gasteiger partial charge on any atom is -0.497 e. The maximum absolute atomic E-state index is 10.3. The molecule has 0 aliphatic carbocycles. The zero-order valence-corrected chi connectivity index (χ0v) is 22.9. The van der Waals surface area contributed by atoms with E-state index >= 15 is 0 Å². The summed E-state index contributed by atoms with van der Waals surface area (Å²) in [6.45, 7) is 9.14. The highest BCUT2D eigenvalue weighted by Crippen LogP contribution is 2.27. The van der Waals surface area contributed by atoms with Gasteiger partial charge in [0.05, 0.1) is 38.9 Å². The van der Waals surface area contributed by atoms with Gasteiger partial charge in [-0.3, -0.25) is 14.5 Å². The molecule has 2 heterocycles. The summed E-state index contributed by atoms with van der Waals surface area (Å²) in [4.78, 5) is 32.9. The van der Waals surface area contributed by atoms with Gasteiger partial charge < -0.3 is 34.6 Å². The maximum atomic E-state index is 10.3. The number of aryl methyl sites for hydroxylation is 1. The number of ether oxygens (including phenoxy) is 3. The minimum atomic E-state index is -2.74. The number of carboxylic acids is 3. The van der Waals surface area contributed by atoms with E-state index < -0.39 is 36.4 Å². The highest BCUT2D eigenvalue weighted by atomic mass is 16.5. The van der Waals surface area contributed by atoms with E-state index in [4.69, 9.17) is 34.6 Å². The summed E-state index contributed by atoms with van der Waals surface area (Å²) in [5, 5.41) is 38.3. The molecule has 1 aromatic carbocycles. The Labute approximate surface area is 232 Å². The Bertz CT molecular complexity index is 1160. The lowest BCUT2D eigenvalue weighted by molar-refractivity contribution is -0.170. The number of benzene rings is 1. The lowest BCUT2D eigenvalue weighted by Gasteiger charge is -2.26. The third-order valence-corrected chi connectivity index (χ3v) is 6.26. The molecule has 0 spiro atoms. The van der Waals surface area contributed by atoms with Crippen molar-refractivity contribution in [2.24, 2.45) is 0 Å². The number of carboxylic acid groups (broad SMARTS) is 3. The van der Waals surface area contributed by atoms with Crippen LogP contribution in [0, 0.1) is 6.92 Å². The van der Waals surface area contributed by atoms with Gasteiger partial charge >= 0.3 is 17.9 Å². The van der Waals surface area contributed by atoms with Gasteiger partial charge in [-0.25, -0.2) is 9.48 Å². The fraction of sp³-hybridized carbons (Fsp3) is 0.481. The Hall–Kier alpha value is -3.94. The summed E-state index contributed by atoms with van der Waals surface area (Å²) in [7, 11) is 3.36. The van der Waals surface area contributed by atoms with Crippen molar-refractivity contribution in [2.45, 2.75) is 57.4 Å². The van der Waals surface area contributed by atoms with Crippen molar-refractivity contribution in [2.75, 3.05) is 27.4 Å². The molecular formula is C27H37N3O10. The molecule has 4 N–H and O–H groups in total. The highest BCUT2D eigenvalue weighted by Gasteiger charge is 2.40. The lowest BCUT2D eigenvalue weighted by atomic mass is 9.96. The first-order valence-corrected chi connectivity index (χ1v) is 12.5. The van der Waals surface area contributed by atoms with Crippen LogP contribution in [0.2, 0.25) is 0 Å². The molecule has 40 heavy (non-hydrogen) atoms. The van der Waals surface area contributed by atoms with Crippen molar-refractivity contribution in [1.82, 2.24) is 14.7 Å². The molecule has 13 heteroatoms. The van der Waals surface area contributed by atoms with Crippen molar-refractivity contribution < 1.29 is 49.0 Å². The van der Waals surface area contributed by atoms with Crippen LogP contribution in [0.1, 0.15) is 42.5 Å². The molecule has 0 radical (unpaired) electrons. The Morgan fingerprint density at radius 2 is 1.80 bits per heavy atom. The SMILES string of the molecule is C=Cn1cc(CN(Cc2ccc(OC)cc2OC)CC2CCCO2)c(C)n1.O=C(O)CC(O)(CC(=O)O)C(=O)O. The smallest absolute Gasteiger partial charge is 0.336 e. The molecule has 1 fully saturated rings. The number of aromatic nitrogens is 2. The monoisotopic (exact) mass is 563 g/mol. The van der Waals surface area contributed by atoms with Crippen LogP contribution in [0.15, 0.2) is 31.0 Å². The average molecular weight is 564 g/mol. The van der Waals surface area contributed by atoms with E-state index in [-0.39, 0.29) is 6.10 Å². The number of methoxy groups -OCH3 is 2. The van der Waals surface area contributed by atoms with E-state index in [1.54, 1.807) is 25.1 Å². The predicted octanol–water partition coefficient (Wildman–Crippen LogP) is 2.24. The number of nitrogens with zero attached hydrogens (tertiary/aromatic N) is 3. The number of aliphatic carboxylic acids is 3.